The summed E-state index contributed by atoms with van der Waals surface area (Å²) in [4.78, 5) is 23.3. The van der Waals surface area contributed by atoms with E-state index >= 15 is 0 Å². The molecule has 2 bridgehead atoms. The molecular weight excluding hydrogens is 244 g/mol. The maximum Gasteiger partial charge on any atom is 0.333 e. The Morgan fingerprint density at radius 2 is 2.32 bits per heavy atom. The molecule has 2 saturated heterocycles. The Morgan fingerprint density at radius 1 is 1.58 bits per heavy atom. The highest BCUT2D eigenvalue weighted by Gasteiger charge is 2.60. The van der Waals surface area contributed by atoms with E-state index in [1.165, 1.54) is 0 Å². The van der Waals surface area contributed by atoms with Crippen molar-refractivity contribution in [2.75, 3.05) is 0 Å². The summed E-state index contributed by atoms with van der Waals surface area (Å²) in [6, 6.07) is 0. The molecule has 0 amide bonds. The van der Waals surface area contributed by atoms with Gasteiger partial charge in [0, 0.05) is 17.9 Å². The summed E-state index contributed by atoms with van der Waals surface area (Å²) in [5, 5.41) is 0. The molecule has 1 aliphatic carbocycles. The Labute approximate surface area is 113 Å². The first kappa shape index (κ1) is 12.9. The zero-order valence-electron chi connectivity index (χ0n) is 11.4. The van der Waals surface area contributed by atoms with Gasteiger partial charge in [-0.2, -0.15) is 0 Å². The quantitative estimate of drug-likeness (QED) is 0.574. The van der Waals surface area contributed by atoms with Crippen LogP contribution in [0.25, 0.3) is 0 Å². The molecule has 19 heavy (non-hydrogen) atoms. The summed E-state index contributed by atoms with van der Waals surface area (Å²) in [6.45, 7) is 7.13. The fourth-order valence-corrected chi connectivity index (χ4v) is 3.94. The fraction of sp³-hybridized carbons (Fsp3) is 0.733. The predicted molar refractivity (Wildman–Crippen MR) is 68.4 cm³/mol. The first-order valence-electron chi connectivity index (χ1n) is 7.02. The van der Waals surface area contributed by atoms with E-state index in [2.05, 4.69) is 6.58 Å². The van der Waals surface area contributed by atoms with E-state index in [4.69, 9.17) is 9.47 Å². The van der Waals surface area contributed by atoms with E-state index in [1.807, 2.05) is 6.92 Å². The van der Waals surface area contributed by atoms with Crippen LogP contribution in [0.15, 0.2) is 12.2 Å². The van der Waals surface area contributed by atoms with Crippen LogP contribution in [-0.2, 0) is 19.1 Å². The average Bonchev–Trinajstić information content (AvgIpc) is 2.93. The number of hydrogen-bond donors (Lipinski definition) is 0. The van der Waals surface area contributed by atoms with Crippen LogP contribution in [0.5, 0.6) is 0 Å². The Hall–Kier alpha value is -1.16. The van der Waals surface area contributed by atoms with Crippen LogP contribution < -0.4 is 0 Å². The van der Waals surface area contributed by atoms with Crippen LogP contribution in [0.4, 0.5) is 0 Å². The third-order valence-electron chi connectivity index (χ3n) is 4.78. The maximum absolute atomic E-state index is 11.8. The summed E-state index contributed by atoms with van der Waals surface area (Å²) in [5.41, 5.74) is 0.423. The zero-order chi connectivity index (χ0) is 13.7. The van der Waals surface area contributed by atoms with Crippen LogP contribution in [-0.4, -0.2) is 30.1 Å². The van der Waals surface area contributed by atoms with E-state index in [0.717, 1.165) is 12.8 Å². The first-order valence-corrected chi connectivity index (χ1v) is 7.02. The molecule has 3 aliphatic rings. The summed E-state index contributed by atoms with van der Waals surface area (Å²) >= 11 is 0. The van der Waals surface area contributed by atoms with Crippen LogP contribution in [0, 0.1) is 17.8 Å². The number of carbonyl (C=O) groups excluding carboxylic acids is 2. The van der Waals surface area contributed by atoms with Crippen molar-refractivity contribution < 1.29 is 19.1 Å². The molecule has 1 saturated carbocycles. The predicted octanol–water partition coefficient (Wildman–Crippen LogP) is 1.88. The van der Waals surface area contributed by atoms with Crippen molar-refractivity contribution in [3.05, 3.63) is 12.2 Å². The molecule has 4 nitrogen and oxygen atoms in total. The lowest BCUT2D eigenvalue weighted by Gasteiger charge is -2.26. The maximum atomic E-state index is 11.8. The highest BCUT2D eigenvalue weighted by atomic mass is 16.5. The molecule has 0 radical (unpaired) electrons. The number of fused-ring (bicyclic) bond motifs is 1. The Balaban J connectivity index is 1.61. The van der Waals surface area contributed by atoms with E-state index in [9.17, 15) is 9.59 Å². The van der Waals surface area contributed by atoms with Crippen molar-refractivity contribution in [1.29, 1.82) is 0 Å². The molecular formula is C15H20O4. The minimum atomic E-state index is -0.336. The first-order chi connectivity index (χ1) is 8.97. The van der Waals surface area contributed by atoms with Gasteiger partial charge in [-0.15, -0.1) is 0 Å². The van der Waals surface area contributed by atoms with Gasteiger partial charge in [-0.25, -0.2) is 4.79 Å². The number of ketones is 1. The number of hydrogen-bond acceptors (Lipinski definition) is 4. The second-order valence-corrected chi connectivity index (χ2v) is 6.21. The second-order valence-electron chi connectivity index (χ2n) is 6.21. The van der Waals surface area contributed by atoms with Crippen molar-refractivity contribution >= 4 is 11.8 Å². The minimum absolute atomic E-state index is 0.145. The van der Waals surface area contributed by atoms with E-state index in [-0.39, 0.29) is 30.2 Å². The molecule has 6 atom stereocenters. The smallest absolute Gasteiger partial charge is 0.333 e. The molecule has 4 heteroatoms. The van der Waals surface area contributed by atoms with Crippen molar-refractivity contribution in [3.8, 4) is 0 Å². The molecule has 6 unspecified atom stereocenters. The van der Waals surface area contributed by atoms with Crippen molar-refractivity contribution in [1.82, 2.24) is 0 Å². The minimum Gasteiger partial charge on any atom is -0.459 e. The fourth-order valence-electron chi connectivity index (χ4n) is 3.94. The van der Waals surface area contributed by atoms with Crippen LogP contribution in [0.3, 0.4) is 0 Å². The summed E-state index contributed by atoms with van der Waals surface area (Å²) in [6.07, 6.45) is 2.49. The van der Waals surface area contributed by atoms with Gasteiger partial charge in [-0.3, -0.25) is 4.79 Å². The largest absolute Gasteiger partial charge is 0.459 e. The number of carbonyl (C=O) groups is 2. The van der Waals surface area contributed by atoms with Gasteiger partial charge >= 0.3 is 5.97 Å². The van der Waals surface area contributed by atoms with Crippen LogP contribution in [0.1, 0.15) is 33.1 Å². The molecule has 0 spiro atoms. The normalized spacial score (nSPS) is 40.5. The van der Waals surface area contributed by atoms with Crippen LogP contribution in [0.2, 0.25) is 0 Å². The monoisotopic (exact) mass is 264 g/mol. The molecule has 0 aromatic heterocycles. The molecule has 0 aromatic carbocycles. The Bertz CT molecular complexity index is 441. The summed E-state index contributed by atoms with van der Waals surface area (Å²) < 4.78 is 11.3. The third-order valence-corrected chi connectivity index (χ3v) is 4.78. The molecule has 2 heterocycles. The van der Waals surface area contributed by atoms with E-state index in [1.54, 1.807) is 6.92 Å². The zero-order valence-corrected chi connectivity index (χ0v) is 11.4. The van der Waals surface area contributed by atoms with Crippen LogP contribution >= 0.6 is 0 Å². The Morgan fingerprint density at radius 3 is 3.00 bits per heavy atom. The van der Waals surface area contributed by atoms with Gasteiger partial charge in [0.25, 0.3) is 0 Å². The molecule has 104 valence electrons. The van der Waals surface area contributed by atoms with Crippen molar-refractivity contribution in [2.45, 2.75) is 51.4 Å². The molecule has 3 fully saturated rings. The van der Waals surface area contributed by atoms with Gasteiger partial charge in [0.1, 0.15) is 5.78 Å². The standard InChI is InChI=1S/C15H20O4/c1-7(2)15(17)18-8(3)4-9-10-5-12(16)11-6-13(9)19-14(10)11/h8-11,13-14H,1,4-6H2,2-3H3. The highest BCUT2D eigenvalue weighted by Crippen LogP contribution is 2.55. The van der Waals surface area contributed by atoms with Gasteiger partial charge in [0.15, 0.2) is 0 Å². The van der Waals surface area contributed by atoms with Gasteiger partial charge in [-0.05, 0) is 38.5 Å². The lowest BCUT2D eigenvalue weighted by atomic mass is 9.77. The number of ether oxygens (including phenoxy) is 2. The number of Topliss-reactive ketones (excluding diaryl/α,β-unsaturated/α-hetero) is 1. The number of esters is 1. The van der Waals surface area contributed by atoms with Crippen molar-refractivity contribution in [2.24, 2.45) is 17.8 Å². The van der Waals surface area contributed by atoms with E-state index < -0.39 is 0 Å². The SMILES string of the molecule is C=C(C)C(=O)OC(C)CC1C2CC3C(=O)CC1C3O2. The molecule has 0 N–H and O–H groups in total. The molecule has 3 rings (SSSR count). The second kappa shape index (κ2) is 4.44. The number of rotatable bonds is 4. The summed E-state index contributed by atoms with van der Waals surface area (Å²) in [7, 11) is 0. The highest BCUT2D eigenvalue weighted by molar-refractivity contribution is 5.87. The summed E-state index contributed by atoms with van der Waals surface area (Å²) in [5.74, 6) is 0.894. The van der Waals surface area contributed by atoms with Crippen molar-refractivity contribution in [3.63, 3.8) is 0 Å². The Kier molecular flexibility index (Phi) is 3.01. The average molecular weight is 264 g/mol. The third kappa shape index (κ3) is 2.02. The van der Waals surface area contributed by atoms with Gasteiger partial charge < -0.3 is 9.47 Å². The lowest BCUT2D eigenvalue weighted by molar-refractivity contribution is -0.144. The molecule has 2 aliphatic heterocycles. The topological polar surface area (TPSA) is 52.6 Å². The van der Waals surface area contributed by atoms with E-state index in [0.29, 0.717) is 29.6 Å². The lowest BCUT2D eigenvalue weighted by Crippen LogP contribution is -2.30. The van der Waals surface area contributed by atoms with Gasteiger partial charge in [0.2, 0.25) is 0 Å². The van der Waals surface area contributed by atoms with Gasteiger partial charge in [-0.1, -0.05) is 6.58 Å². The molecule has 0 aromatic rings. The van der Waals surface area contributed by atoms with Gasteiger partial charge in [0.05, 0.1) is 18.3 Å².